The highest BCUT2D eigenvalue weighted by Gasteiger charge is 2.13. The Hall–Kier alpha value is -1.73. The summed E-state index contributed by atoms with van der Waals surface area (Å²) in [6, 6.07) is 7.83. The fraction of sp³-hybridized carbons (Fsp3) is 0.462. The Balaban J connectivity index is 3.07. The minimum absolute atomic E-state index is 0.154. The summed E-state index contributed by atoms with van der Waals surface area (Å²) in [5.74, 6) is 1.40. The molecule has 0 spiro atoms. The molecule has 0 aliphatic heterocycles. The third kappa shape index (κ3) is 3.36. The van der Waals surface area contributed by atoms with Crippen molar-refractivity contribution in [3.8, 4) is 17.6 Å². The van der Waals surface area contributed by atoms with Crippen LogP contribution < -0.4 is 14.8 Å². The summed E-state index contributed by atoms with van der Waals surface area (Å²) >= 11 is 0. The second-order valence-electron chi connectivity index (χ2n) is 3.80. The van der Waals surface area contributed by atoms with E-state index in [1.807, 2.05) is 26.1 Å². The van der Waals surface area contributed by atoms with Crippen molar-refractivity contribution >= 4 is 0 Å². The summed E-state index contributed by atoms with van der Waals surface area (Å²) in [7, 11) is 3.49. The van der Waals surface area contributed by atoms with Crippen molar-refractivity contribution in [2.24, 2.45) is 0 Å². The first kappa shape index (κ1) is 13.3. The van der Waals surface area contributed by atoms with Gasteiger partial charge in [-0.25, -0.2) is 0 Å². The van der Waals surface area contributed by atoms with E-state index < -0.39 is 6.10 Å². The molecule has 1 aromatic carbocycles. The van der Waals surface area contributed by atoms with Crippen molar-refractivity contribution in [2.75, 3.05) is 14.2 Å². The molecule has 0 heterocycles. The fourth-order valence-corrected chi connectivity index (χ4v) is 1.47. The molecule has 2 unspecified atom stereocenters. The number of ether oxygens (including phenoxy) is 2. The average Bonchev–Trinajstić information content (AvgIpc) is 2.37. The first-order chi connectivity index (χ1) is 8.12. The highest BCUT2D eigenvalue weighted by Crippen LogP contribution is 2.30. The van der Waals surface area contributed by atoms with Crippen molar-refractivity contribution < 1.29 is 9.47 Å². The van der Waals surface area contributed by atoms with Crippen LogP contribution >= 0.6 is 0 Å². The van der Waals surface area contributed by atoms with Crippen molar-refractivity contribution in [3.05, 3.63) is 23.8 Å². The molecular weight excluding hydrogens is 216 g/mol. The standard InChI is InChI=1S/C13H18N2O2/c1-9(8-14)17-13-7-11(16-4)5-6-12(13)10(2)15-3/h5-7,9-10,15H,1-4H3. The minimum Gasteiger partial charge on any atom is -0.497 e. The Morgan fingerprint density at radius 2 is 2.06 bits per heavy atom. The molecule has 4 heteroatoms. The van der Waals surface area contributed by atoms with E-state index >= 15 is 0 Å². The van der Waals surface area contributed by atoms with Crippen LogP contribution in [0.1, 0.15) is 25.5 Å². The number of nitrogens with zero attached hydrogens (tertiary/aromatic N) is 1. The molecule has 4 nitrogen and oxygen atoms in total. The van der Waals surface area contributed by atoms with Gasteiger partial charge < -0.3 is 14.8 Å². The smallest absolute Gasteiger partial charge is 0.181 e. The van der Waals surface area contributed by atoms with Crippen molar-refractivity contribution in [1.82, 2.24) is 5.32 Å². The van der Waals surface area contributed by atoms with Gasteiger partial charge in [0.2, 0.25) is 0 Å². The van der Waals surface area contributed by atoms with E-state index in [1.54, 1.807) is 20.1 Å². The zero-order chi connectivity index (χ0) is 12.8. The van der Waals surface area contributed by atoms with Gasteiger partial charge >= 0.3 is 0 Å². The maximum absolute atomic E-state index is 8.79. The van der Waals surface area contributed by atoms with Crippen LogP contribution in [-0.4, -0.2) is 20.3 Å². The molecule has 0 aromatic heterocycles. The predicted octanol–water partition coefficient (Wildman–Crippen LogP) is 2.27. The average molecular weight is 234 g/mol. The molecule has 17 heavy (non-hydrogen) atoms. The first-order valence-corrected chi connectivity index (χ1v) is 5.53. The lowest BCUT2D eigenvalue weighted by Crippen LogP contribution is -2.16. The van der Waals surface area contributed by atoms with Gasteiger partial charge in [0.1, 0.15) is 17.6 Å². The second kappa shape index (κ2) is 6.12. The minimum atomic E-state index is -0.482. The number of benzene rings is 1. The van der Waals surface area contributed by atoms with Crippen LogP contribution in [0.5, 0.6) is 11.5 Å². The first-order valence-electron chi connectivity index (χ1n) is 5.53. The normalized spacial score (nSPS) is 13.6. The van der Waals surface area contributed by atoms with Gasteiger partial charge in [-0.05, 0) is 27.0 Å². The van der Waals surface area contributed by atoms with E-state index in [-0.39, 0.29) is 6.04 Å². The van der Waals surface area contributed by atoms with Crippen LogP contribution in [-0.2, 0) is 0 Å². The van der Waals surface area contributed by atoms with Crippen LogP contribution in [0.2, 0.25) is 0 Å². The predicted molar refractivity (Wildman–Crippen MR) is 66.2 cm³/mol. The van der Waals surface area contributed by atoms with Gasteiger partial charge in [0.25, 0.3) is 0 Å². The van der Waals surface area contributed by atoms with Crippen LogP contribution in [0.25, 0.3) is 0 Å². The summed E-state index contributed by atoms with van der Waals surface area (Å²) in [5, 5.41) is 11.9. The van der Waals surface area contributed by atoms with Crippen molar-refractivity contribution in [3.63, 3.8) is 0 Å². The highest BCUT2D eigenvalue weighted by atomic mass is 16.5. The molecule has 0 amide bonds. The van der Waals surface area contributed by atoms with Gasteiger partial charge in [-0.1, -0.05) is 6.07 Å². The summed E-state index contributed by atoms with van der Waals surface area (Å²) in [6.45, 7) is 3.75. The number of nitriles is 1. The zero-order valence-electron chi connectivity index (χ0n) is 10.7. The molecule has 1 aromatic rings. The van der Waals surface area contributed by atoms with Crippen molar-refractivity contribution in [1.29, 1.82) is 5.26 Å². The van der Waals surface area contributed by atoms with Crippen molar-refractivity contribution in [2.45, 2.75) is 26.0 Å². The maximum Gasteiger partial charge on any atom is 0.181 e. The monoisotopic (exact) mass is 234 g/mol. The number of hydrogen-bond donors (Lipinski definition) is 1. The lowest BCUT2D eigenvalue weighted by Gasteiger charge is -2.18. The van der Waals surface area contributed by atoms with Gasteiger partial charge in [0.15, 0.2) is 6.10 Å². The number of methoxy groups -OCH3 is 1. The van der Waals surface area contributed by atoms with Crippen LogP contribution in [0.3, 0.4) is 0 Å². The SMILES string of the molecule is CNC(C)c1ccc(OC)cc1OC(C)C#N. The topological polar surface area (TPSA) is 54.3 Å². The van der Waals surface area contributed by atoms with E-state index in [9.17, 15) is 0 Å². The third-order valence-corrected chi connectivity index (χ3v) is 2.61. The molecule has 0 saturated carbocycles. The van der Waals surface area contributed by atoms with Crippen LogP contribution in [0.4, 0.5) is 0 Å². The van der Waals surface area contributed by atoms with E-state index in [0.29, 0.717) is 5.75 Å². The van der Waals surface area contributed by atoms with Crippen LogP contribution in [0.15, 0.2) is 18.2 Å². The van der Waals surface area contributed by atoms with E-state index in [2.05, 4.69) is 11.4 Å². The van der Waals surface area contributed by atoms with Gasteiger partial charge in [-0.2, -0.15) is 5.26 Å². The summed E-state index contributed by atoms with van der Waals surface area (Å²) < 4.78 is 10.7. The van der Waals surface area contributed by atoms with Gasteiger partial charge in [-0.3, -0.25) is 0 Å². The number of hydrogen-bond acceptors (Lipinski definition) is 4. The van der Waals surface area contributed by atoms with E-state index in [4.69, 9.17) is 14.7 Å². The lowest BCUT2D eigenvalue weighted by molar-refractivity contribution is 0.270. The summed E-state index contributed by atoms with van der Waals surface area (Å²) in [5.41, 5.74) is 1.01. The Kier molecular flexibility index (Phi) is 4.80. The molecule has 1 rings (SSSR count). The Morgan fingerprint density at radius 3 is 2.59 bits per heavy atom. The molecule has 2 atom stereocenters. The molecule has 92 valence electrons. The molecule has 1 N–H and O–H groups in total. The molecule has 0 aliphatic carbocycles. The number of rotatable bonds is 5. The zero-order valence-corrected chi connectivity index (χ0v) is 10.7. The summed E-state index contributed by atoms with van der Waals surface area (Å²) in [4.78, 5) is 0. The van der Waals surface area contributed by atoms with Gasteiger partial charge in [-0.15, -0.1) is 0 Å². The lowest BCUT2D eigenvalue weighted by atomic mass is 10.1. The third-order valence-electron chi connectivity index (χ3n) is 2.61. The van der Waals surface area contributed by atoms with Crippen LogP contribution in [0, 0.1) is 11.3 Å². The number of nitrogens with one attached hydrogen (secondary N) is 1. The Bertz CT molecular complexity index is 412. The van der Waals surface area contributed by atoms with E-state index in [0.717, 1.165) is 11.3 Å². The Morgan fingerprint density at radius 1 is 1.35 bits per heavy atom. The molecule has 0 saturated heterocycles. The van der Waals surface area contributed by atoms with Gasteiger partial charge in [0.05, 0.1) is 7.11 Å². The molecule has 0 radical (unpaired) electrons. The molecular formula is C13H18N2O2. The molecule has 0 aliphatic rings. The molecule has 0 fully saturated rings. The maximum atomic E-state index is 8.79. The van der Waals surface area contributed by atoms with E-state index in [1.165, 1.54) is 0 Å². The Labute approximate surface area is 102 Å². The quantitative estimate of drug-likeness (QED) is 0.849. The van der Waals surface area contributed by atoms with Gasteiger partial charge in [0, 0.05) is 17.7 Å². The summed E-state index contributed by atoms with van der Waals surface area (Å²) in [6.07, 6.45) is -0.482. The fourth-order valence-electron chi connectivity index (χ4n) is 1.47. The largest absolute Gasteiger partial charge is 0.497 e. The highest BCUT2D eigenvalue weighted by molar-refractivity contribution is 5.42. The second-order valence-corrected chi connectivity index (χ2v) is 3.80. The molecule has 0 bridgehead atoms.